The van der Waals surface area contributed by atoms with Gasteiger partial charge in [0, 0.05) is 37.0 Å². The van der Waals surface area contributed by atoms with E-state index in [1.54, 1.807) is 13.8 Å². The van der Waals surface area contributed by atoms with Crippen LogP contribution in [0, 0.1) is 5.92 Å². The first-order chi connectivity index (χ1) is 13.4. The average Bonchev–Trinajstić information content (AvgIpc) is 2.87. The normalized spacial score (nSPS) is 15.8. The number of amides is 4. The number of nitrogens with zero attached hydrogens (tertiary/aromatic N) is 1. The molecule has 1 rings (SSSR count). The summed E-state index contributed by atoms with van der Waals surface area (Å²) in [7, 11) is 0. The topological polar surface area (TPSA) is 150 Å². The van der Waals surface area contributed by atoms with Gasteiger partial charge in [0.25, 0.3) is 11.8 Å². The number of carbonyl (C=O) groups excluding carboxylic acids is 5. The lowest BCUT2D eigenvalue weighted by Gasteiger charge is -2.22. The molecule has 1 aliphatic rings. The molecule has 29 heavy (non-hydrogen) atoms. The van der Waals surface area contributed by atoms with Crippen molar-refractivity contribution in [1.29, 1.82) is 0 Å². The number of ketones is 1. The van der Waals surface area contributed by atoms with E-state index in [0.717, 1.165) is 4.90 Å². The van der Waals surface area contributed by atoms with E-state index in [9.17, 15) is 28.8 Å². The van der Waals surface area contributed by atoms with Gasteiger partial charge in [0.15, 0.2) is 5.78 Å². The van der Waals surface area contributed by atoms with E-state index >= 15 is 0 Å². The summed E-state index contributed by atoms with van der Waals surface area (Å²) in [4.78, 5) is 71.9. The largest absolute Gasteiger partial charge is 0.481 e. The Kier molecular flexibility index (Phi) is 8.68. The van der Waals surface area contributed by atoms with Gasteiger partial charge in [-0.1, -0.05) is 13.8 Å². The summed E-state index contributed by atoms with van der Waals surface area (Å²) in [5, 5.41) is 13.8. The van der Waals surface area contributed by atoms with Crippen molar-refractivity contribution in [3.05, 3.63) is 11.6 Å². The number of hydrogen-bond acceptors (Lipinski definition) is 6. The number of rotatable bonds is 11. The fraction of sp³-hybridized carbons (Fsp3) is 0.579. The standard InChI is InChI=1S/C19H27N3O7/c1-10(2)17(27)12(4)20-18(28)13(5-6-16(25)26)21-14(23)7-8-22-15(24)9-11(3)19(22)29/h9-10,12-13H,5-8H2,1-4H3,(H,20,28)(H,21,23)(H,25,26)/t12-,13-/m0/s1. The Labute approximate surface area is 168 Å². The summed E-state index contributed by atoms with van der Waals surface area (Å²) in [5.74, 6) is -3.93. The lowest BCUT2D eigenvalue weighted by molar-refractivity contribution is -0.140. The Bertz CT molecular complexity index is 742. The summed E-state index contributed by atoms with van der Waals surface area (Å²) < 4.78 is 0. The minimum absolute atomic E-state index is 0.160. The Morgan fingerprint density at radius 3 is 2.17 bits per heavy atom. The monoisotopic (exact) mass is 409 g/mol. The highest BCUT2D eigenvalue weighted by Crippen LogP contribution is 2.12. The first-order valence-corrected chi connectivity index (χ1v) is 9.33. The van der Waals surface area contributed by atoms with Crippen molar-refractivity contribution in [3.8, 4) is 0 Å². The van der Waals surface area contributed by atoms with Crippen LogP contribution < -0.4 is 10.6 Å². The Hall–Kier alpha value is -3.04. The fourth-order valence-corrected chi connectivity index (χ4v) is 2.75. The quantitative estimate of drug-likeness (QED) is 0.399. The molecule has 10 nitrogen and oxygen atoms in total. The average molecular weight is 409 g/mol. The smallest absolute Gasteiger partial charge is 0.303 e. The van der Waals surface area contributed by atoms with Gasteiger partial charge in [-0.15, -0.1) is 0 Å². The van der Waals surface area contributed by atoms with Crippen molar-refractivity contribution in [2.24, 2.45) is 5.92 Å². The predicted octanol–water partition coefficient (Wildman–Crippen LogP) is -0.229. The second-order valence-corrected chi connectivity index (χ2v) is 7.21. The highest BCUT2D eigenvalue weighted by Gasteiger charge is 2.30. The highest BCUT2D eigenvalue weighted by molar-refractivity contribution is 6.16. The van der Waals surface area contributed by atoms with Crippen molar-refractivity contribution < 1.29 is 33.9 Å². The maximum Gasteiger partial charge on any atom is 0.303 e. The summed E-state index contributed by atoms with van der Waals surface area (Å²) >= 11 is 0. The lowest BCUT2D eigenvalue weighted by Crippen LogP contribution is -2.51. The molecule has 0 aromatic carbocycles. The van der Waals surface area contributed by atoms with E-state index in [0.29, 0.717) is 0 Å². The zero-order chi connectivity index (χ0) is 22.3. The molecular formula is C19H27N3O7. The molecule has 1 heterocycles. The van der Waals surface area contributed by atoms with E-state index in [1.165, 1.54) is 19.9 Å². The molecule has 0 radical (unpaired) electrons. The zero-order valence-electron chi connectivity index (χ0n) is 17.0. The Morgan fingerprint density at radius 1 is 1.07 bits per heavy atom. The summed E-state index contributed by atoms with van der Waals surface area (Å²) in [5.41, 5.74) is 0.276. The Morgan fingerprint density at radius 2 is 1.69 bits per heavy atom. The third-order valence-electron chi connectivity index (χ3n) is 4.40. The van der Waals surface area contributed by atoms with E-state index in [1.807, 2.05) is 0 Å². The van der Waals surface area contributed by atoms with E-state index in [4.69, 9.17) is 5.11 Å². The van der Waals surface area contributed by atoms with Crippen molar-refractivity contribution >= 4 is 35.4 Å². The molecule has 3 N–H and O–H groups in total. The van der Waals surface area contributed by atoms with Gasteiger partial charge in [0.05, 0.1) is 6.04 Å². The molecule has 0 aromatic rings. The van der Waals surface area contributed by atoms with Gasteiger partial charge in [-0.2, -0.15) is 0 Å². The van der Waals surface area contributed by atoms with Crippen LogP contribution >= 0.6 is 0 Å². The minimum Gasteiger partial charge on any atom is -0.481 e. The number of carbonyl (C=O) groups is 6. The van der Waals surface area contributed by atoms with Crippen LogP contribution in [0.15, 0.2) is 11.6 Å². The van der Waals surface area contributed by atoms with Gasteiger partial charge in [0.2, 0.25) is 11.8 Å². The molecule has 2 atom stereocenters. The van der Waals surface area contributed by atoms with E-state index in [-0.39, 0.29) is 43.1 Å². The van der Waals surface area contributed by atoms with Crippen LogP contribution in [0.3, 0.4) is 0 Å². The number of carboxylic acid groups (broad SMARTS) is 1. The number of hydrogen-bond donors (Lipinski definition) is 3. The molecule has 0 bridgehead atoms. The van der Waals surface area contributed by atoms with Crippen LogP contribution in [0.2, 0.25) is 0 Å². The fourth-order valence-electron chi connectivity index (χ4n) is 2.75. The first kappa shape index (κ1) is 24.0. The number of carboxylic acids is 1. The van der Waals surface area contributed by atoms with Gasteiger partial charge < -0.3 is 15.7 Å². The summed E-state index contributed by atoms with van der Waals surface area (Å²) in [6.07, 6.45) is 0.404. The highest BCUT2D eigenvalue weighted by atomic mass is 16.4. The molecule has 0 spiro atoms. The van der Waals surface area contributed by atoms with Gasteiger partial charge in [-0.25, -0.2) is 0 Å². The second kappa shape index (κ2) is 10.5. The van der Waals surface area contributed by atoms with Gasteiger partial charge >= 0.3 is 5.97 Å². The van der Waals surface area contributed by atoms with Crippen LogP contribution in [0.25, 0.3) is 0 Å². The molecule has 4 amide bonds. The molecule has 0 fully saturated rings. The van der Waals surface area contributed by atoms with E-state index < -0.39 is 41.7 Å². The maximum absolute atomic E-state index is 12.4. The number of imide groups is 1. The zero-order valence-corrected chi connectivity index (χ0v) is 17.0. The molecule has 10 heteroatoms. The molecule has 0 saturated heterocycles. The number of Topliss-reactive ketones (excluding diaryl/α,β-unsaturated/α-hetero) is 1. The van der Waals surface area contributed by atoms with E-state index in [2.05, 4.69) is 10.6 Å². The molecular weight excluding hydrogens is 382 g/mol. The van der Waals surface area contributed by atoms with Gasteiger partial charge in [-0.3, -0.25) is 33.7 Å². The third-order valence-corrected chi connectivity index (χ3v) is 4.40. The third kappa shape index (κ3) is 7.13. The van der Waals surface area contributed by atoms with Crippen LogP contribution in [-0.4, -0.2) is 64.0 Å². The van der Waals surface area contributed by atoms with Crippen LogP contribution in [0.5, 0.6) is 0 Å². The molecule has 0 saturated carbocycles. The number of nitrogens with one attached hydrogen (secondary N) is 2. The van der Waals surface area contributed by atoms with Gasteiger partial charge in [0.1, 0.15) is 6.04 Å². The lowest BCUT2D eigenvalue weighted by atomic mass is 10.0. The molecule has 160 valence electrons. The van der Waals surface area contributed by atoms with Crippen LogP contribution in [0.4, 0.5) is 0 Å². The second-order valence-electron chi connectivity index (χ2n) is 7.21. The minimum atomic E-state index is -1.16. The van der Waals surface area contributed by atoms with Gasteiger partial charge in [-0.05, 0) is 20.3 Å². The maximum atomic E-state index is 12.4. The molecule has 0 unspecified atom stereocenters. The summed E-state index contributed by atoms with van der Waals surface area (Å²) in [6.45, 7) is 6.22. The Balaban J connectivity index is 2.69. The molecule has 1 aliphatic heterocycles. The molecule has 0 aliphatic carbocycles. The number of aliphatic carboxylic acids is 1. The SMILES string of the molecule is CC1=CC(=O)N(CCC(=O)N[C@@H](CCC(=O)O)C(=O)N[C@@H](C)C(=O)C(C)C)C1=O. The molecule has 0 aromatic heterocycles. The van der Waals surface area contributed by atoms with Crippen molar-refractivity contribution in [2.75, 3.05) is 6.54 Å². The first-order valence-electron chi connectivity index (χ1n) is 9.33. The van der Waals surface area contributed by atoms with Crippen LogP contribution in [-0.2, 0) is 28.8 Å². The van der Waals surface area contributed by atoms with Crippen molar-refractivity contribution in [2.45, 2.75) is 59.0 Å². The van der Waals surface area contributed by atoms with Crippen molar-refractivity contribution in [3.63, 3.8) is 0 Å². The predicted molar refractivity (Wildman–Crippen MR) is 101 cm³/mol. The van der Waals surface area contributed by atoms with Crippen molar-refractivity contribution in [1.82, 2.24) is 15.5 Å². The summed E-state index contributed by atoms with van der Waals surface area (Å²) in [6, 6.07) is -1.95. The van der Waals surface area contributed by atoms with Crippen LogP contribution in [0.1, 0.15) is 47.0 Å².